The van der Waals surface area contributed by atoms with Gasteiger partial charge >= 0.3 is 0 Å². The van der Waals surface area contributed by atoms with Gasteiger partial charge in [0.15, 0.2) is 11.5 Å². The van der Waals surface area contributed by atoms with Gasteiger partial charge in [-0.3, -0.25) is 4.79 Å². The van der Waals surface area contributed by atoms with E-state index >= 15 is 0 Å². The zero-order valence-corrected chi connectivity index (χ0v) is 13.4. The molecule has 0 saturated heterocycles. The quantitative estimate of drug-likeness (QED) is 0.757. The van der Waals surface area contributed by atoms with Crippen LogP contribution in [0.2, 0.25) is 5.02 Å². The highest BCUT2D eigenvalue weighted by Gasteiger charge is 2.14. The number of anilines is 1. The topological polar surface area (TPSA) is 63.3 Å². The normalized spacial score (nSPS) is 10.6. The van der Waals surface area contributed by atoms with Crippen LogP contribution in [0.3, 0.4) is 0 Å². The number of benzene rings is 2. The highest BCUT2D eigenvalue weighted by Crippen LogP contribution is 2.30. The van der Waals surface area contributed by atoms with E-state index in [1.165, 1.54) is 0 Å². The van der Waals surface area contributed by atoms with Crippen molar-refractivity contribution in [2.45, 2.75) is 0 Å². The van der Waals surface area contributed by atoms with E-state index in [0.717, 1.165) is 10.9 Å². The minimum Gasteiger partial charge on any atom is -0.493 e. The zero-order valence-electron chi connectivity index (χ0n) is 12.6. The summed E-state index contributed by atoms with van der Waals surface area (Å²) in [4.78, 5) is 15.6. The lowest BCUT2D eigenvalue weighted by Crippen LogP contribution is -2.11. The fourth-order valence-electron chi connectivity index (χ4n) is 2.39. The van der Waals surface area contributed by atoms with Crippen LogP contribution in [0, 0.1) is 0 Å². The first-order chi connectivity index (χ1) is 11.1. The molecule has 0 spiro atoms. The predicted molar refractivity (Wildman–Crippen MR) is 90.8 cm³/mol. The maximum absolute atomic E-state index is 12.5. The first-order valence-corrected chi connectivity index (χ1v) is 7.30. The van der Waals surface area contributed by atoms with Gasteiger partial charge in [-0.25, -0.2) is 0 Å². The molecule has 1 amide bonds. The first-order valence-electron chi connectivity index (χ1n) is 6.92. The van der Waals surface area contributed by atoms with Crippen molar-refractivity contribution >= 4 is 34.1 Å². The van der Waals surface area contributed by atoms with Crippen molar-refractivity contribution in [3.63, 3.8) is 0 Å². The Bertz CT molecular complexity index is 873. The summed E-state index contributed by atoms with van der Waals surface area (Å²) < 4.78 is 10.4. The van der Waals surface area contributed by atoms with Gasteiger partial charge in [0.2, 0.25) is 0 Å². The van der Waals surface area contributed by atoms with Gasteiger partial charge in [-0.2, -0.15) is 0 Å². The Morgan fingerprint density at radius 3 is 2.61 bits per heavy atom. The first kappa shape index (κ1) is 15.2. The number of carbonyl (C=O) groups excluding carboxylic acids is 1. The molecule has 118 valence electrons. The molecule has 0 fully saturated rings. The van der Waals surface area contributed by atoms with Crippen LogP contribution < -0.4 is 14.8 Å². The number of fused-ring (bicyclic) bond motifs is 1. The second-order valence-electron chi connectivity index (χ2n) is 4.92. The molecule has 0 aliphatic carbocycles. The van der Waals surface area contributed by atoms with Crippen LogP contribution in [0.25, 0.3) is 10.9 Å². The average molecular weight is 331 g/mol. The average Bonchev–Trinajstić information content (AvgIpc) is 2.97. The number of hydrogen-bond acceptors (Lipinski definition) is 3. The standard InChI is InChI=1S/C17H15ClN2O3/c1-22-15-6-4-11(8-16(15)23-2)20-17(21)13-9-19-14-5-3-10(18)7-12(13)14/h3-9,19H,1-2H3,(H,20,21). The number of amides is 1. The van der Waals surface area contributed by atoms with Crippen molar-refractivity contribution < 1.29 is 14.3 Å². The van der Waals surface area contributed by atoms with Crippen molar-refractivity contribution in [1.29, 1.82) is 0 Å². The van der Waals surface area contributed by atoms with Crippen molar-refractivity contribution in [1.82, 2.24) is 4.98 Å². The second-order valence-corrected chi connectivity index (χ2v) is 5.35. The summed E-state index contributed by atoms with van der Waals surface area (Å²) in [6, 6.07) is 10.6. The van der Waals surface area contributed by atoms with Crippen molar-refractivity contribution in [2.75, 3.05) is 19.5 Å². The third-order valence-corrected chi connectivity index (χ3v) is 3.76. The Morgan fingerprint density at radius 2 is 1.87 bits per heavy atom. The van der Waals surface area contributed by atoms with Gasteiger partial charge in [0.05, 0.1) is 19.8 Å². The van der Waals surface area contributed by atoms with Gasteiger partial charge in [-0.05, 0) is 30.3 Å². The van der Waals surface area contributed by atoms with Gasteiger partial charge < -0.3 is 19.8 Å². The predicted octanol–water partition coefficient (Wildman–Crippen LogP) is 4.09. The highest BCUT2D eigenvalue weighted by atomic mass is 35.5. The Morgan fingerprint density at radius 1 is 1.09 bits per heavy atom. The number of H-pyrrole nitrogens is 1. The third kappa shape index (κ3) is 2.96. The molecule has 5 nitrogen and oxygen atoms in total. The summed E-state index contributed by atoms with van der Waals surface area (Å²) in [6.45, 7) is 0. The number of methoxy groups -OCH3 is 2. The van der Waals surface area contributed by atoms with Gasteiger partial charge in [0.1, 0.15) is 0 Å². The maximum Gasteiger partial charge on any atom is 0.257 e. The summed E-state index contributed by atoms with van der Waals surface area (Å²) in [5.41, 5.74) is 1.99. The molecule has 0 saturated carbocycles. The maximum atomic E-state index is 12.5. The molecule has 3 rings (SSSR count). The minimum atomic E-state index is -0.231. The SMILES string of the molecule is COc1ccc(NC(=O)c2c[nH]c3ccc(Cl)cc23)cc1OC. The van der Waals surface area contributed by atoms with Gasteiger partial charge in [-0.1, -0.05) is 11.6 Å². The van der Waals surface area contributed by atoms with E-state index < -0.39 is 0 Å². The minimum absolute atomic E-state index is 0.231. The number of hydrogen-bond donors (Lipinski definition) is 2. The number of aromatic amines is 1. The van der Waals surface area contributed by atoms with E-state index in [0.29, 0.717) is 27.8 Å². The number of carbonyl (C=O) groups is 1. The van der Waals surface area contributed by atoms with E-state index in [1.54, 1.807) is 50.7 Å². The van der Waals surface area contributed by atoms with Crippen molar-refractivity contribution in [2.24, 2.45) is 0 Å². The Hall–Kier alpha value is -2.66. The number of aromatic nitrogens is 1. The summed E-state index contributed by atoms with van der Waals surface area (Å²) in [7, 11) is 3.11. The third-order valence-electron chi connectivity index (χ3n) is 3.53. The van der Waals surface area contributed by atoms with Gasteiger partial charge in [0, 0.05) is 33.9 Å². The van der Waals surface area contributed by atoms with Gasteiger partial charge in [0.25, 0.3) is 5.91 Å². The number of nitrogens with one attached hydrogen (secondary N) is 2. The van der Waals surface area contributed by atoms with E-state index in [2.05, 4.69) is 10.3 Å². The molecule has 23 heavy (non-hydrogen) atoms. The lowest BCUT2D eigenvalue weighted by atomic mass is 10.1. The van der Waals surface area contributed by atoms with E-state index in [1.807, 2.05) is 6.07 Å². The lowest BCUT2D eigenvalue weighted by molar-refractivity contribution is 0.102. The molecule has 1 aromatic heterocycles. The Balaban J connectivity index is 1.90. The second kappa shape index (κ2) is 6.22. The molecule has 1 heterocycles. The molecule has 0 unspecified atom stereocenters. The number of halogens is 1. The Labute approximate surface area is 138 Å². The fraction of sp³-hybridized carbons (Fsp3) is 0.118. The van der Waals surface area contributed by atoms with E-state index in [9.17, 15) is 4.79 Å². The molecular weight excluding hydrogens is 316 g/mol. The van der Waals surface area contributed by atoms with E-state index in [4.69, 9.17) is 21.1 Å². The largest absolute Gasteiger partial charge is 0.493 e. The summed E-state index contributed by atoms with van der Waals surface area (Å²) in [5, 5.41) is 4.20. The summed E-state index contributed by atoms with van der Waals surface area (Å²) in [6.07, 6.45) is 1.66. The van der Waals surface area contributed by atoms with Crippen LogP contribution in [-0.2, 0) is 0 Å². The Kier molecular flexibility index (Phi) is 4.12. The molecule has 2 aromatic carbocycles. The molecule has 2 N–H and O–H groups in total. The molecule has 0 bridgehead atoms. The molecule has 0 atom stereocenters. The molecule has 3 aromatic rings. The van der Waals surface area contributed by atoms with Crippen LogP contribution in [-0.4, -0.2) is 25.1 Å². The molecule has 0 radical (unpaired) electrons. The van der Waals surface area contributed by atoms with Crippen molar-refractivity contribution in [3.8, 4) is 11.5 Å². The van der Waals surface area contributed by atoms with Crippen molar-refractivity contribution in [3.05, 3.63) is 53.2 Å². The summed E-state index contributed by atoms with van der Waals surface area (Å²) in [5.74, 6) is 0.919. The smallest absolute Gasteiger partial charge is 0.257 e. The highest BCUT2D eigenvalue weighted by molar-refractivity contribution is 6.31. The van der Waals surface area contributed by atoms with Gasteiger partial charge in [-0.15, -0.1) is 0 Å². The van der Waals surface area contributed by atoms with E-state index in [-0.39, 0.29) is 5.91 Å². The molecule has 0 aliphatic rings. The number of ether oxygens (including phenoxy) is 2. The van der Waals surface area contributed by atoms with Crippen LogP contribution in [0.4, 0.5) is 5.69 Å². The summed E-state index contributed by atoms with van der Waals surface area (Å²) >= 11 is 6.01. The van der Waals surface area contributed by atoms with Crippen LogP contribution in [0.15, 0.2) is 42.6 Å². The molecular formula is C17H15ClN2O3. The zero-order chi connectivity index (χ0) is 16.4. The molecule has 0 aliphatic heterocycles. The van der Waals surface area contributed by atoms with Crippen LogP contribution in [0.1, 0.15) is 10.4 Å². The van der Waals surface area contributed by atoms with Crippen LogP contribution >= 0.6 is 11.6 Å². The lowest BCUT2D eigenvalue weighted by Gasteiger charge is -2.10. The van der Waals surface area contributed by atoms with Crippen LogP contribution in [0.5, 0.6) is 11.5 Å². The monoisotopic (exact) mass is 330 g/mol. The number of rotatable bonds is 4. The fourth-order valence-corrected chi connectivity index (χ4v) is 2.57. The molecule has 6 heteroatoms.